The molecule has 0 unspecified atom stereocenters. The molecule has 0 spiro atoms. The van der Waals surface area contributed by atoms with Gasteiger partial charge in [0.05, 0.1) is 16.5 Å². The van der Waals surface area contributed by atoms with Gasteiger partial charge in [-0.1, -0.05) is 23.4 Å². The van der Waals surface area contributed by atoms with Crippen molar-refractivity contribution >= 4 is 35.0 Å². The van der Waals surface area contributed by atoms with Crippen LogP contribution in [-0.4, -0.2) is 26.5 Å². The second kappa shape index (κ2) is 6.13. The fourth-order valence-electron chi connectivity index (χ4n) is 1.91. The molecule has 1 fully saturated rings. The lowest BCUT2D eigenvalue weighted by Gasteiger charge is -2.07. The van der Waals surface area contributed by atoms with Crippen LogP contribution in [0.2, 0.25) is 5.02 Å². The van der Waals surface area contributed by atoms with Crippen molar-refractivity contribution in [1.29, 1.82) is 0 Å². The molecule has 2 aromatic rings. The third-order valence-electron chi connectivity index (χ3n) is 3.17. The lowest BCUT2D eigenvalue weighted by atomic mass is 10.3. The van der Waals surface area contributed by atoms with Gasteiger partial charge in [0, 0.05) is 5.92 Å². The summed E-state index contributed by atoms with van der Waals surface area (Å²) in [7, 11) is 0. The highest BCUT2D eigenvalue weighted by Crippen LogP contribution is 2.39. The second-order valence-corrected chi connectivity index (χ2v) is 6.30. The van der Waals surface area contributed by atoms with E-state index in [1.165, 1.54) is 28.6 Å². The average Bonchev–Trinajstić information content (AvgIpc) is 3.24. The van der Waals surface area contributed by atoms with E-state index >= 15 is 0 Å². The summed E-state index contributed by atoms with van der Waals surface area (Å²) in [6, 6.07) is 3.78. The maximum absolute atomic E-state index is 12.9. The van der Waals surface area contributed by atoms with Gasteiger partial charge >= 0.3 is 0 Å². The van der Waals surface area contributed by atoms with Gasteiger partial charge in [0.15, 0.2) is 5.82 Å². The first-order chi connectivity index (χ1) is 10.5. The van der Waals surface area contributed by atoms with Crippen LogP contribution in [0.1, 0.15) is 24.6 Å². The predicted molar refractivity (Wildman–Crippen MR) is 82.9 cm³/mol. The Hall–Kier alpha value is -1.80. The second-order valence-electron chi connectivity index (χ2n) is 4.95. The first-order valence-electron chi connectivity index (χ1n) is 6.62. The van der Waals surface area contributed by atoms with Gasteiger partial charge in [0.2, 0.25) is 11.1 Å². The number of nitrogen functional groups attached to an aromatic ring is 1. The molecule has 0 bridgehead atoms. The van der Waals surface area contributed by atoms with Crippen LogP contribution in [0.4, 0.5) is 10.1 Å². The molecule has 1 aliphatic carbocycles. The minimum atomic E-state index is -0.457. The van der Waals surface area contributed by atoms with Crippen molar-refractivity contribution in [1.82, 2.24) is 14.9 Å². The van der Waals surface area contributed by atoms with Crippen LogP contribution in [0.15, 0.2) is 23.4 Å². The van der Waals surface area contributed by atoms with Crippen LogP contribution in [0.25, 0.3) is 0 Å². The molecule has 0 saturated heterocycles. The Morgan fingerprint density at radius 3 is 2.95 bits per heavy atom. The number of amides is 1. The number of carbonyl (C=O) groups is 1. The molecule has 3 N–H and O–H groups in total. The SMILES string of the molecule is Nn1c(SCC(=O)Nc2ccc(F)cc2Cl)nnc1C1CC1. The minimum absolute atomic E-state index is 0.105. The zero-order valence-corrected chi connectivity index (χ0v) is 13.0. The third-order valence-corrected chi connectivity index (χ3v) is 4.43. The number of aromatic nitrogens is 3. The number of carbonyl (C=O) groups excluding carboxylic acids is 1. The summed E-state index contributed by atoms with van der Waals surface area (Å²) in [5.41, 5.74) is 0.363. The predicted octanol–water partition coefficient (Wildman–Crippen LogP) is 2.39. The summed E-state index contributed by atoms with van der Waals surface area (Å²) >= 11 is 7.04. The Morgan fingerprint density at radius 1 is 1.50 bits per heavy atom. The molecule has 1 heterocycles. The fourth-order valence-corrected chi connectivity index (χ4v) is 2.79. The van der Waals surface area contributed by atoms with Crippen molar-refractivity contribution in [2.24, 2.45) is 0 Å². The van der Waals surface area contributed by atoms with Crippen LogP contribution < -0.4 is 11.2 Å². The molecule has 22 heavy (non-hydrogen) atoms. The molecule has 1 amide bonds. The van der Waals surface area contributed by atoms with Crippen LogP contribution in [0, 0.1) is 5.82 Å². The number of nitrogens with zero attached hydrogens (tertiary/aromatic N) is 3. The summed E-state index contributed by atoms with van der Waals surface area (Å²) in [5, 5.41) is 11.3. The normalized spacial score (nSPS) is 14.1. The van der Waals surface area contributed by atoms with Crippen molar-refractivity contribution in [3.05, 3.63) is 34.9 Å². The van der Waals surface area contributed by atoms with Crippen LogP contribution >= 0.6 is 23.4 Å². The van der Waals surface area contributed by atoms with E-state index in [2.05, 4.69) is 15.5 Å². The monoisotopic (exact) mass is 341 g/mol. The standard InChI is InChI=1S/C13H13ClFN5OS/c14-9-5-8(15)3-4-10(9)17-11(21)6-22-13-19-18-12(20(13)16)7-1-2-7/h3-5,7H,1-2,6,16H2,(H,17,21). The van der Waals surface area contributed by atoms with Gasteiger partial charge < -0.3 is 11.2 Å². The van der Waals surface area contributed by atoms with E-state index in [0.717, 1.165) is 24.7 Å². The topological polar surface area (TPSA) is 85.8 Å². The number of benzene rings is 1. The summed E-state index contributed by atoms with van der Waals surface area (Å²) < 4.78 is 14.4. The average molecular weight is 342 g/mol. The number of thioether (sulfide) groups is 1. The quantitative estimate of drug-likeness (QED) is 0.644. The largest absolute Gasteiger partial charge is 0.336 e. The van der Waals surface area contributed by atoms with E-state index in [1.807, 2.05) is 0 Å². The van der Waals surface area contributed by atoms with Crippen molar-refractivity contribution in [3.8, 4) is 0 Å². The molecule has 9 heteroatoms. The van der Waals surface area contributed by atoms with Crippen molar-refractivity contribution < 1.29 is 9.18 Å². The minimum Gasteiger partial charge on any atom is -0.336 e. The number of rotatable bonds is 5. The van der Waals surface area contributed by atoms with E-state index in [4.69, 9.17) is 17.4 Å². The molecule has 0 radical (unpaired) electrons. The van der Waals surface area contributed by atoms with Crippen molar-refractivity contribution in [2.75, 3.05) is 16.9 Å². The smallest absolute Gasteiger partial charge is 0.234 e. The fraction of sp³-hybridized carbons (Fsp3) is 0.308. The number of hydrogen-bond acceptors (Lipinski definition) is 5. The molecule has 0 aliphatic heterocycles. The van der Waals surface area contributed by atoms with Gasteiger partial charge in [0.1, 0.15) is 5.82 Å². The highest BCUT2D eigenvalue weighted by molar-refractivity contribution is 7.99. The summed E-state index contributed by atoms with van der Waals surface area (Å²) in [5.74, 6) is 6.41. The molecule has 116 valence electrons. The van der Waals surface area contributed by atoms with Crippen LogP contribution in [0.5, 0.6) is 0 Å². The zero-order chi connectivity index (χ0) is 15.7. The molecule has 1 aliphatic rings. The Bertz CT molecular complexity index is 718. The summed E-state index contributed by atoms with van der Waals surface area (Å²) in [6.45, 7) is 0. The van der Waals surface area contributed by atoms with E-state index in [9.17, 15) is 9.18 Å². The first-order valence-corrected chi connectivity index (χ1v) is 7.99. The molecule has 3 rings (SSSR count). The molecule has 1 aromatic carbocycles. The van der Waals surface area contributed by atoms with Crippen molar-refractivity contribution in [2.45, 2.75) is 23.9 Å². The zero-order valence-electron chi connectivity index (χ0n) is 11.4. The number of halogens is 2. The Morgan fingerprint density at radius 2 is 2.27 bits per heavy atom. The van der Waals surface area contributed by atoms with E-state index in [-0.39, 0.29) is 16.7 Å². The van der Waals surface area contributed by atoms with Gasteiger partial charge in [-0.15, -0.1) is 10.2 Å². The molecule has 0 atom stereocenters. The number of nitrogens with one attached hydrogen (secondary N) is 1. The first kappa shape index (κ1) is 15.1. The van der Waals surface area contributed by atoms with Gasteiger partial charge in [-0.05, 0) is 31.0 Å². The Balaban J connectivity index is 1.58. The number of anilines is 1. The number of nitrogens with two attached hydrogens (primary N) is 1. The Kier molecular flexibility index (Phi) is 4.21. The van der Waals surface area contributed by atoms with E-state index in [0.29, 0.717) is 16.8 Å². The van der Waals surface area contributed by atoms with Gasteiger partial charge in [-0.2, -0.15) is 0 Å². The van der Waals surface area contributed by atoms with Crippen molar-refractivity contribution in [3.63, 3.8) is 0 Å². The molecule has 1 saturated carbocycles. The maximum Gasteiger partial charge on any atom is 0.234 e. The Labute approximate surface area is 135 Å². The molecular formula is C13H13ClFN5OS. The van der Waals surface area contributed by atoms with Gasteiger partial charge in [0.25, 0.3) is 0 Å². The van der Waals surface area contributed by atoms with Crippen LogP contribution in [0.3, 0.4) is 0 Å². The lowest BCUT2D eigenvalue weighted by molar-refractivity contribution is -0.113. The molecule has 6 nitrogen and oxygen atoms in total. The third kappa shape index (κ3) is 3.33. The molecular weight excluding hydrogens is 329 g/mol. The van der Waals surface area contributed by atoms with Crippen LogP contribution in [-0.2, 0) is 4.79 Å². The van der Waals surface area contributed by atoms with E-state index in [1.54, 1.807) is 0 Å². The maximum atomic E-state index is 12.9. The lowest BCUT2D eigenvalue weighted by Crippen LogP contribution is -2.17. The van der Waals surface area contributed by atoms with Gasteiger partial charge in [-0.25, -0.2) is 9.07 Å². The highest BCUT2D eigenvalue weighted by Gasteiger charge is 2.30. The van der Waals surface area contributed by atoms with E-state index < -0.39 is 5.82 Å². The highest BCUT2D eigenvalue weighted by atomic mass is 35.5. The molecule has 1 aromatic heterocycles. The summed E-state index contributed by atoms with van der Waals surface area (Å²) in [4.78, 5) is 11.9. The summed E-state index contributed by atoms with van der Waals surface area (Å²) in [6.07, 6.45) is 2.15. The number of hydrogen-bond donors (Lipinski definition) is 2. The van der Waals surface area contributed by atoms with Gasteiger partial charge in [-0.3, -0.25) is 4.79 Å².